The molecule has 0 aliphatic rings. The fraction of sp³-hybridized carbons (Fsp3) is 0.222. The van der Waals surface area contributed by atoms with Gasteiger partial charge in [-0.2, -0.15) is 0 Å². The van der Waals surface area contributed by atoms with Crippen LogP contribution in [0.4, 0.5) is 5.13 Å². The van der Waals surface area contributed by atoms with Crippen LogP contribution < -0.4 is 11.3 Å². The van der Waals surface area contributed by atoms with Crippen LogP contribution in [0, 0.1) is 6.92 Å². The molecule has 2 heterocycles. The summed E-state index contributed by atoms with van der Waals surface area (Å²) in [6.45, 7) is 1.96. The molecule has 0 fully saturated rings. The van der Waals surface area contributed by atoms with Gasteiger partial charge in [-0.1, -0.05) is 0 Å². The van der Waals surface area contributed by atoms with Crippen molar-refractivity contribution < 1.29 is 4.42 Å². The number of hydrogen-bond acceptors (Lipinski definition) is 6. The van der Waals surface area contributed by atoms with Crippen LogP contribution >= 0.6 is 23.1 Å². The molecule has 80 valence electrons. The molecule has 0 aliphatic heterocycles. The summed E-state index contributed by atoms with van der Waals surface area (Å²) in [5, 5.41) is 0.745. The van der Waals surface area contributed by atoms with Gasteiger partial charge in [0.25, 0.3) is 0 Å². The fourth-order valence-corrected chi connectivity index (χ4v) is 2.82. The molecule has 2 rings (SSSR count). The van der Waals surface area contributed by atoms with Crippen molar-refractivity contribution in [2.24, 2.45) is 5.84 Å². The molecule has 0 atom stereocenters. The standard InChI is InChI=1S/C9H11N3OS2/c1-6-8(2-3-13-6)14-5-7-4-11-9(12-10)15-7/h2-4H,5,10H2,1H3,(H,11,12). The van der Waals surface area contributed by atoms with Gasteiger partial charge in [0, 0.05) is 21.7 Å². The molecule has 6 heteroatoms. The molecule has 3 N–H and O–H groups in total. The van der Waals surface area contributed by atoms with E-state index in [0.29, 0.717) is 0 Å². The molecule has 2 aromatic heterocycles. The van der Waals surface area contributed by atoms with E-state index in [1.54, 1.807) is 29.4 Å². The van der Waals surface area contributed by atoms with Crippen molar-refractivity contribution in [2.45, 2.75) is 17.6 Å². The van der Waals surface area contributed by atoms with E-state index < -0.39 is 0 Å². The van der Waals surface area contributed by atoms with E-state index in [2.05, 4.69) is 10.4 Å². The Bertz CT molecular complexity index is 438. The lowest BCUT2D eigenvalue weighted by Crippen LogP contribution is -2.05. The third-order valence-corrected chi connectivity index (χ3v) is 4.16. The number of hydrazine groups is 1. The monoisotopic (exact) mass is 241 g/mol. The number of nitrogen functional groups attached to an aromatic ring is 1. The van der Waals surface area contributed by atoms with Gasteiger partial charge in [0.1, 0.15) is 5.76 Å². The lowest BCUT2D eigenvalue weighted by atomic mass is 10.5. The van der Waals surface area contributed by atoms with Crippen molar-refractivity contribution in [1.82, 2.24) is 4.98 Å². The highest BCUT2D eigenvalue weighted by Crippen LogP contribution is 2.29. The minimum Gasteiger partial charge on any atom is -0.468 e. The van der Waals surface area contributed by atoms with Crippen LogP contribution in [0.3, 0.4) is 0 Å². The highest BCUT2D eigenvalue weighted by atomic mass is 32.2. The minimum absolute atomic E-state index is 0.745. The molecule has 15 heavy (non-hydrogen) atoms. The molecule has 0 aromatic carbocycles. The first-order valence-corrected chi connectivity index (χ1v) is 6.18. The number of furan rings is 1. The molecule has 0 spiro atoms. The maximum Gasteiger partial charge on any atom is 0.197 e. The van der Waals surface area contributed by atoms with Gasteiger partial charge in [-0.3, -0.25) is 5.43 Å². The van der Waals surface area contributed by atoms with Crippen molar-refractivity contribution in [3.05, 3.63) is 29.2 Å². The van der Waals surface area contributed by atoms with Crippen molar-refractivity contribution in [2.75, 3.05) is 5.43 Å². The normalized spacial score (nSPS) is 10.5. The quantitative estimate of drug-likeness (QED) is 0.489. The molecule has 2 aromatic rings. The molecule has 0 saturated carbocycles. The summed E-state index contributed by atoms with van der Waals surface area (Å²) in [6, 6.07) is 1.98. The van der Waals surface area contributed by atoms with Gasteiger partial charge in [-0.05, 0) is 13.0 Å². The van der Waals surface area contributed by atoms with E-state index in [1.807, 2.05) is 19.2 Å². The van der Waals surface area contributed by atoms with E-state index in [-0.39, 0.29) is 0 Å². The van der Waals surface area contributed by atoms with E-state index in [4.69, 9.17) is 10.3 Å². The second-order valence-electron chi connectivity index (χ2n) is 2.91. The number of thiazole rings is 1. The number of hydrogen-bond donors (Lipinski definition) is 2. The van der Waals surface area contributed by atoms with Gasteiger partial charge >= 0.3 is 0 Å². The Kier molecular flexibility index (Phi) is 3.30. The molecule has 0 saturated heterocycles. The summed E-state index contributed by atoms with van der Waals surface area (Å²) in [5.41, 5.74) is 2.53. The van der Waals surface area contributed by atoms with Crippen LogP contribution in [0.25, 0.3) is 0 Å². The number of anilines is 1. The van der Waals surface area contributed by atoms with Crippen molar-refractivity contribution in [3.63, 3.8) is 0 Å². The molecule has 4 nitrogen and oxygen atoms in total. The molecule has 0 bridgehead atoms. The third-order valence-electron chi connectivity index (χ3n) is 1.86. The summed E-state index contributed by atoms with van der Waals surface area (Å²) in [6.07, 6.45) is 3.54. The Morgan fingerprint density at radius 1 is 1.67 bits per heavy atom. The zero-order valence-electron chi connectivity index (χ0n) is 8.19. The van der Waals surface area contributed by atoms with Crippen LogP contribution in [0.5, 0.6) is 0 Å². The number of thioether (sulfide) groups is 1. The highest BCUT2D eigenvalue weighted by Gasteiger charge is 2.04. The predicted octanol–water partition coefficient (Wildman–Crippen LogP) is 2.62. The van der Waals surface area contributed by atoms with Crippen LogP contribution in [0.15, 0.2) is 27.8 Å². The van der Waals surface area contributed by atoms with Crippen molar-refractivity contribution in [3.8, 4) is 0 Å². The Morgan fingerprint density at radius 3 is 3.13 bits per heavy atom. The molecule has 0 aliphatic carbocycles. The van der Waals surface area contributed by atoms with Crippen LogP contribution in [-0.2, 0) is 5.75 Å². The number of rotatable bonds is 4. The lowest BCUT2D eigenvalue weighted by Gasteiger charge is -1.95. The van der Waals surface area contributed by atoms with Gasteiger partial charge < -0.3 is 4.42 Å². The zero-order chi connectivity index (χ0) is 10.7. The Morgan fingerprint density at radius 2 is 2.53 bits per heavy atom. The molecular weight excluding hydrogens is 230 g/mol. The van der Waals surface area contributed by atoms with E-state index in [0.717, 1.165) is 16.6 Å². The van der Waals surface area contributed by atoms with Crippen LogP contribution in [0.1, 0.15) is 10.6 Å². The number of aryl methyl sites for hydroxylation is 1. The van der Waals surface area contributed by atoms with Gasteiger partial charge in [0.15, 0.2) is 5.13 Å². The maximum atomic E-state index is 5.25. The number of nitrogens with zero attached hydrogens (tertiary/aromatic N) is 1. The molecule has 0 unspecified atom stereocenters. The lowest BCUT2D eigenvalue weighted by molar-refractivity contribution is 0.527. The predicted molar refractivity (Wildman–Crippen MR) is 62.9 cm³/mol. The van der Waals surface area contributed by atoms with Crippen molar-refractivity contribution >= 4 is 28.2 Å². The topological polar surface area (TPSA) is 64.1 Å². The van der Waals surface area contributed by atoms with Gasteiger partial charge in [-0.15, -0.1) is 23.1 Å². The molecular formula is C9H11N3OS2. The van der Waals surface area contributed by atoms with E-state index in [1.165, 1.54) is 9.77 Å². The Labute approximate surface area is 95.9 Å². The van der Waals surface area contributed by atoms with Gasteiger partial charge in [0.05, 0.1) is 6.26 Å². The second kappa shape index (κ2) is 4.69. The first kappa shape index (κ1) is 10.5. The average Bonchev–Trinajstić information content (AvgIpc) is 2.84. The molecule has 0 amide bonds. The van der Waals surface area contributed by atoms with E-state index in [9.17, 15) is 0 Å². The Hall–Kier alpha value is -0.980. The first-order valence-electron chi connectivity index (χ1n) is 4.38. The van der Waals surface area contributed by atoms with Gasteiger partial charge in [-0.25, -0.2) is 10.8 Å². The molecule has 0 radical (unpaired) electrons. The Balaban J connectivity index is 1.96. The number of nitrogens with one attached hydrogen (secondary N) is 1. The number of aromatic nitrogens is 1. The second-order valence-corrected chi connectivity index (χ2v) is 5.04. The average molecular weight is 241 g/mol. The van der Waals surface area contributed by atoms with Crippen LogP contribution in [-0.4, -0.2) is 4.98 Å². The maximum absolute atomic E-state index is 5.25. The van der Waals surface area contributed by atoms with Crippen LogP contribution in [0.2, 0.25) is 0 Å². The fourth-order valence-electron chi connectivity index (χ4n) is 1.11. The third kappa shape index (κ3) is 2.53. The highest BCUT2D eigenvalue weighted by molar-refractivity contribution is 7.98. The first-order chi connectivity index (χ1) is 7.29. The summed E-state index contributed by atoms with van der Waals surface area (Å²) in [4.78, 5) is 6.46. The smallest absolute Gasteiger partial charge is 0.197 e. The minimum atomic E-state index is 0.745. The summed E-state index contributed by atoms with van der Waals surface area (Å²) in [7, 11) is 0. The summed E-state index contributed by atoms with van der Waals surface area (Å²) >= 11 is 3.30. The van der Waals surface area contributed by atoms with Gasteiger partial charge in [0.2, 0.25) is 0 Å². The largest absolute Gasteiger partial charge is 0.468 e. The summed E-state index contributed by atoms with van der Waals surface area (Å²) in [5.74, 6) is 7.10. The number of nitrogens with two attached hydrogens (primary N) is 1. The summed E-state index contributed by atoms with van der Waals surface area (Å²) < 4.78 is 5.21. The van der Waals surface area contributed by atoms with Crippen molar-refractivity contribution in [1.29, 1.82) is 0 Å². The van der Waals surface area contributed by atoms with E-state index >= 15 is 0 Å². The SMILES string of the molecule is Cc1occc1SCc1cnc(NN)s1. The zero-order valence-corrected chi connectivity index (χ0v) is 9.82.